The number of nitriles is 1. The largest absolute Gasteiger partial charge is 0.444 e. The lowest BCUT2D eigenvalue weighted by atomic mass is 10.1. The maximum atomic E-state index is 13.2. The van der Waals surface area contributed by atoms with Gasteiger partial charge in [0.15, 0.2) is 0 Å². The quantitative estimate of drug-likeness (QED) is 0.732. The first kappa shape index (κ1) is 20.0. The van der Waals surface area contributed by atoms with Gasteiger partial charge in [-0.25, -0.2) is 9.78 Å². The summed E-state index contributed by atoms with van der Waals surface area (Å²) in [6.45, 7) is 5.57. The van der Waals surface area contributed by atoms with Crippen LogP contribution in [0, 0.1) is 11.3 Å². The van der Waals surface area contributed by atoms with E-state index in [4.69, 9.17) is 4.74 Å². The third kappa shape index (κ3) is 4.58. The Kier molecular flexibility index (Phi) is 5.59. The molecule has 0 aliphatic heterocycles. The van der Waals surface area contributed by atoms with Gasteiger partial charge in [-0.05, 0) is 45.0 Å². The number of nitrogens with one attached hydrogen (secondary N) is 1. The lowest BCUT2D eigenvalue weighted by Gasteiger charge is -2.20. The normalized spacial score (nSPS) is 11.1. The van der Waals surface area contributed by atoms with E-state index in [9.17, 15) is 14.9 Å². The standard InChI is InChI=1S/C21H21N5O3/c1-21(2,3)29-20(28)24-11-9-17-25-16-8-4-6-14(12-22)18(16)19(27)26(17)15-7-5-10-23-13-15/h4-8,10,13H,9,11H2,1-3H3,(H,24,28). The Morgan fingerprint density at radius 2 is 2.07 bits per heavy atom. The van der Waals surface area contributed by atoms with Crippen molar-refractivity contribution in [1.29, 1.82) is 5.26 Å². The number of hydrogen-bond donors (Lipinski definition) is 1. The number of pyridine rings is 1. The second kappa shape index (κ2) is 8.10. The monoisotopic (exact) mass is 391 g/mol. The third-order valence-electron chi connectivity index (χ3n) is 4.01. The fourth-order valence-electron chi connectivity index (χ4n) is 2.88. The van der Waals surface area contributed by atoms with E-state index >= 15 is 0 Å². The van der Waals surface area contributed by atoms with Gasteiger partial charge in [-0.2, -0.15) is 5.26 Å². The van der Waals surface area contributed by atoms with Crippen molar-refractivity contribution in [1.82, 2.24) is 19.9 Å². The van der Waals surface area contributed by atoms with Gasteiger partial charge in [-0.15, -0.1) is 0 Å². The van der Waals surface area contributed by atoms with E-state index in [0.29, 0.717) is 17.0 Å². The van der Waals surface area contributed by atoms with Crippen LogP contribution in [0.5, 0.6) is 0 Å². The van der Waals surface area contributed by atoms with Gasteiger partial charge in [-0.3, -0.25) is 14.3 Å². The highest BCUT2D eigenvalue weighted by molar-refractivity contribution is 5.84. The van der Waals surface area contributed by atoms with Crippen LogP contribution in [0.3, 0.4) is 0 Å². The Balaban J connectivity index is 2.01. The second-order valence-corrected chi connectivity index (χ2v) is 7.37. The van der Waals surface area contributed by atoms with E-state index in [0.717, 1.165) is 0 Å². The highest BCUT2D eigenvalue weighted by atomic mass is 16.6. The molecule has 2 aromatic heterocycles. The minimum absolute atomic E-state index is 0.227. The zero-order chi connectivity index (χ0) is 21.0. The van der Waals surface area contributed by atoms with E-state index < -0.39 is 11.7 Å². The van der Waals surface area contributed by atoms with Crippen molar-refractivity contribution >= 4 is 17.0 Å². The number of fused-ring (bicyclic) bond motifs is 1. The summed E-state index contributed by atoms with van der Waals surface area (Å²) in [5.41, 5.74) is 0.272. The zero-order valence-corrected chi connectivity index (χ0v) is 16.5. The number of carbonyl (C=O) groups is 1. The minimum Gasteiger partial charge on any atom is -0.444 e. The maximum Gasteiger partial charge on any atom is 0.407 e. The molecule has 1 aromatic carbocycles. The van der Waals surface area contributed by atoms with E-state index in [1.807, 2.05) is 6.07 Å². The highest BCUT2D eigenvalue weighted by Crippen LogP contribution is 2.16. The van der Waals surface area contributed by atoms with Gasteiger partial charge < -0.3 is 10.1 Å². The molecule has 29 heavy (non-hydrogen) atoms. The fraction of sp³-hybridized carbons (Fsp3) is 0.286. The Bertz CT molecular complexity index is 1140. The fourth-order valence-corrected chi connectivity index (χ4v) is 2.88. The molecular weight excluding hydrogens is 370 g/mol. The second-order valence-electron chi connectivity index (χ2n) is 7.37. The van der Waals surface area contributed by atoms with E-state index in [-0.39, 0.29) is 29.5 Å². The summed E-state index contributed by atoms with van der Waals surface area (Å²) in [4.78, 5) is 33.8. The Morgan fingerprint density at radius 3 is 2.72 bits per heavy atom. The molecule has 148 valence electrons. The first-order chi connectivity index (χ1) is 13.8. The molecule has 8 heteroatoms. The molecule has 1 N–H and O–H groups in total. The Morgan fingerprint density at radius 1 is 1.28 bits per heavy atom. The van der Waals surface area contributed by atoms with Crippen LogP contribution in [0.4, 0.5) is 4.79 Å². The summed E-state index contributed by atoms with van der Waals surface area (Å²) in [6, 6.07) is 10.5. The van der Waals surface area contributed by atoms with Crippen molar-refractivity contribution in [2.24, 2.45) is 0 Å². The van der Waals surface area contributed by atoms with Gasteiger partial charge in [0.05, 0.1) is 28.4 Å². The highest BCUT2D eigenvalue weighted by Gasteiger charge is 2.18. The lowest BCUT2D eigenvalue weighted by molar-refractivity contribution is 0.0528. The molecule has 0 fully saturated rings. The number of amides is 1. The van der Waals surface area contributed by atoms with E-state index in [2.05, 4.69) is 15.3 Å². The van der Waals surface area contributed by atoms with Crippen molar-refractivity contribution < 1.29 is 9.53 Å². The Hall–Kier alpha value is -3.73. The molecule has 3 rings (SSSR count). The molecular formula is C21H21N5O3. The molecule has 0 aliphatic carbocycles. The molecule has 1 amide bonds. The summed E-state index contributed by atoms with van der Waals surface area (Å²) >= 11 is 0. The van der Waals surface area contributed by atoms with Crippen LogP contribution in [-0.4, -0.2) is 32.8 Å². The van der Waals surface area contributed by atoms with E-state index in [1.54, 1.807) is 63.5 Å². The number of aromatic nitrogens is 3. The molecule has 3 aromatic rings. The smallest absolute Gasteiger partial charge is 0.407 e. The molecule has 8 nitrogen and oxygen atoms in total. The summed E-state index contributed by atoms with van der Waals surface area (Å²) in [6.07, 6.45) is 2.90. The van der Waals surface area contributed by atoms with Gasteiger partial charge in [-0.1, -0.05) is 6.07 Å². The van der Waals surface area contributed by atoms with Crippen molar-refractivity contribution in [2.45, 2.75) is 32.8 Å². The lowest BCUT2D eigenvalue weighted by Crippen LogP contribution is -2.34. The van der Waals surface area contributed by atoms with Gasteiger partial charge in [0, 0.05) is 19.2 Å². The van der Waals surface area contributed by atoms with Crippen molar-refractivity contribution in [3.8, 4) is 11.8 Å². The van der Waals surface area contributed by atoms with Crippen LogP contribution < -0.4 is 10.9 Å². The third-order valence-corrected chi connectivity index (χ3v) is 4.01. The van der Waals surface area contributed by atoms with Crippen molar-refractivity contribution in [3.05, 3.63) is 64.5 Å². The van der Waals surface area contributed by atoms with Crippen LogP contribution in [0.25, 0.3) is 16.6 Å². The first-order valence-corrected chi connectivity index (χ1v) is 9.12. The first-order valence-electron chi connectivity index (χ1n) is 9.12. The van der Waals surface area contributed by atoms with Crippen LogP contribution in [0.1, 0.15) is 32.2 Å². The number of nitrogens with zero attached hydrogens (tertiary/aromatic N) is 4. The van der Waals surface area contributed by atoms with Crippen LogP contribution in [0.15, 0.2) is 47.5 Å². The summed E-state index contributed by atoms with van der Waals surface area (Å²) < 4.78 is 6.65. The number of ether oxygens (including phenoxy) is 1. The van der Waals surface area contributed by atoms with E-state index in [1.165, 1.54) is 4.57 Å². The topological polar surface area (TPSA) is 110 Å². The van der Waals surface area contributed by atoms with Crippen LogP contribution >= 0.6 is 0 Å². The predicted octanol–water partition coefficient (Wildman–Crippen LogP) is 2.72. The average Bonchev–Trinajstić information content (AvgIpc) is 2.67. The number of rotatable bonds is 4. The SMILES string of the molecule is CC(C)(C)OC(=O)NCCc1nc2cccc(C#N)c2c(=O)n1-c1cccnc1. The average molecular weight is 391 g/mol. The van der Waals surface area contributed by atoms with Crippen molar-refractivity contribution in [2.75, 3.05) is 6.54 Å². The molecule has 0 spiro atoms. The van der Waals surface area contributed by atoms with Gasteiger partial charge in [0.2, 0.25) is 0 Å². The minimum atomic E-state index is -0.600. The predicted molar refractivity (Wildman–Crippen MR) is 108 cm³/mol. The number of hydrogen-bond acceptors (Lipinski definition) is 6. The number of benzene rings is 1. The summed E-state index contributed by atoms with van der Waals surface area (Å²) in [5.74, 6) is 0.446. The maximum absolute atomic E-state index is 13.2. The zero-order valence-electron chi connectivity index (χ0n) is 16.5. The number of alkyl carbamates (subject to hydrolysis) is 1. The summed E-state index contributed by atoms with van der Waals surface area (Å²) in [5, 5.41) is 12.3. The number of carbonyl (C=O) groups excluding carboxylic acids is 1. The molecule has 0 unspecified atom stereocenters. The molecule has 0 atom stereocenters. The van der Waals surface area contributed by atoms with Crippen molar-refractivity contribution in [3.63, 3.8) is 0 Å². The molecule has 0 radical (unpaired) electrons. The molecule has 0 saturated heterocycles. The Labute approximate surface area is 167 Å². The van der Waals surface area contributed by atoms with Crippen LogP contribution in [0.2, 0.25) is 0 Å². The summed E-state index contributed by atoms with van der Waals surface area (Å²) in [7, 11) is 0. The van der Waals surface area contributed by atoms with Gasteiger partial charge >= 0.3 is 6.09 Å². The van der Waals surface area contributed by atoms with Gasteiger partial charge in [0.25, 0.3) is 5.56 Å². The van der Waals surface area contributed by atoms with Crippen LogP contribution in [-0.2, 0) is 11.2 Å². The molecule has 0 aliphatic rings. The van der Waals surface area contributed by atoms with Gasteiger partial charge in [0.1, 0.15) is 17.5 Å². The molecule has 0 bridgehead atoms. The molecule has 2 heterocycles. The molecule has 0 saturated carbocycles.